The molecule has 0 spiro atoms. The van der Waals surface area contributed by atoms with Crippen molar-refractivity contribution in [1.29, 1.82) is 0 Å². The summed E-state index contributed by atoms with van der Waals surface area (Å²) in [6.07, 6.45) is -4.77. The largest absolute Gasteiger partial charge is 0.573 e. The second kappa shape index (κ2) is 5.91. The summed E-state index contributed by atoms with van der Waals surface area (Å²) in [5.74, 6) is -0.955. The first-order valence-electron chi connectivity index (χ1n) is 5.83. The Kier molecular flexibility index (Phi) is 4.39. The Hall–Kier alpha value is -1.79. The molecule has 2 aromatic rings. The minimum Gasteiger partial charge on any atom is -0.406 e. The maximum atomic E-state index is 13.8. The van der Waals surface area contributed by atoms with Gasteiger partial charge in [-0.2, -0.15) is 0 Å². The minimum absolute atomic E-state index is 0.0867. The number of ether oxygens (including phenoxy) is 1. The Balaban J connectivity index is 2.26. The maximum Gasteiger partial charge on any atom is 0.573 e. The second-order valence-corrected chi connectivity index (χ2v) is 4.64. The van der Waals surface area contributed by atoms with Gasteiger partial charge in [0, 0.05) is 10.6 Å². The van der Waals surface area contributed by atoms with Crippen LogP contribution in [0.3, 0.4) is 0 Å². The molecule has 2 nitrogen and oxygen atoms in total. The molecule has 0 bridgehead atoms. The number of alkyl halides is 3. The number of hydrogen-bond donors (Lipinski definition) is 1. The van der Waals surface area contributed by atoms with Crippen LogP contribution < -0.4 is 10.5 Å². The molecule has 0 aromatic heterocycles. The fraction of sp³-hybridized carbons (Fsp3) is 0.143. The molecule has 0 heterocycles. The molecular formula is C14H10ClF4NO. The van der Waals surface area contributed by atoms with Gasteiger partial charge in [-0.15, -0.1) is 13.2 Å². The van der Waals surface area contributed by atoms with Crippen molar-refractivity contribution >= 4 is 11.6 Å². The third kappa shape index (κ3) is 3.86. The van der Waals surface area contributed by atoms with Gasteiger partial charge < -0.3 is 10.5 Å². The van der Waals surface area contributed by atoms with E-state index in [4.69, 9.17) is 17.3 Å². The lowest BCUT2D eigenvalue weighted by atomic mass is 9.99. The lowest BCUT2D eigenvalue weighted by Gasteiger charge is -2.16. The molecule has 1 atom stereocenters. The van der Waals surface area contributed by atoms with E-state index in [1.807, 2.05) is 0 Å². The Morgan fingerprint density at radius 1 is 1.05 bits per heavy atom. The van der Waals surface area contributed by atoms with Gasteiger partial charge in [0.15, 0.2) is 0 Å². The van der Waals surface area contributed by atoms with Crippen molar-refractivity contribution in [3.63, 3.8) is 0 Å². The van der Waals surface area contributed by atoms with Gasteiger partial charge in [-0.05, 0) is 29.8 Å². The molecular weight excluding hydrogens is 310 g/mol. The molecule has 0 aliphatic heterocycles. The Morgan fingerprint density at radius 2 is 1.67 bits per heavy atom. The molecule has 21 heavy (non-hydrogen) atoms. The van der Waals surface area contributed by atoms with Gasteiger partial charge in [0.1, 0.15) is 11.6 Å². The SMILES string of the molecule is N[C@H](c1ccc(OC(F)(F)F)cc1)c1c(F)cccc1Cl. The molecule has 0 saturated carbocycles. The van der Waals surface area contributed by atoms with Crippen LogP contribution in [-0.4, -0.2) is 6.36 Å². The monoisotopic (exact) mass is 319 g/mol. The summed E-state index contributed by atoms with van der Waals surface area (Å²) in [5.41, 5.74) is 6.41. The summed E-state index contributed by atoms with van der Waals surface area (Å²) in [6.45, 7) is 0. The average Bonchev–Trinajstić information content (AvgIpc) is 2.37. The molecule has 7 heteroatoms. The second-order valence-electron chi connectivity index (χ2n) is 4.23. The minimum atomic E-state index is -4.77. The highest BCUT2D eigenvalue weighted by molar-refractivity contribution is 6.31. The molecule has 0 fully saturated rings. The first-order chi connectivity index (χ1) is 9.78. The zero-order chi connectivity index (χ0) is 15.6. The highest BCUT2D eigenvalue weighted by Gasteiger charge is 2.31. The lowest BCUT2D eigenvalue weighted by molar-refractivity contribution is -0.274. The summed E-state index contributed by atoms with van der Waals surface area (Å²) in [6, 6.07) is 8.12. The van der Waals surface area contributed by atoms with Crippen LogP contribution in [0.2, 0.25) is 5.02 Å². The summed E-state index contributed by atoms with van der Waals surface area (Å²) >= 11 is 5.90. The lowest BCUT2D eigenvalue weighted by Crippen LogP contribution is -2.17. The molecule has 2 aromatic carbocycles. The van der Waals surface area contributed by atoms with Crippen LogP contribution in [0.4, 0.5) is 17.6 Å². The molecule has 0 radical (unpaired) electrons. The van der Waals surface area contributed by atoms with Crippen molar-refractivity contribution in [2.24, 2.45) is 5.73 Å². The Bertz CT molecular complexity index is 608. The van der Waals surface area contributed by atoms with Gasteiger partial charge in [0.25, 0.3) is 0 Å². The predicted molar refractivity (Wildman–Crippen MR) is 70.6 cm³/mol. The highest BCUT2D eigenvalue weighted by atomic mass is 35.5. The highest BCUT2D eigenvalue weighted by Crippen LogP contribution is 2.30. The van der Waals surface area contributed by atoms with E-state index in [0.717, 1.165) is 12.1 Å². The van der Waals surface area contributed by atoms with Crippen molar-refractivity contribution in [1.82, 2.24) is 0 Å². The number of rotatable bonds is 3. The molecule has 0 aliphatic carbocycles. The first kappa shape index (κ1) is 15.6. The number of halogens is 5. The van der Waals surface area contributed by atoms with Crippen LogP contribution in [0.1, 0.15) is 17.2 Å². The summed E-state index contributed by atoms with van der Waals surface area (Å²) in [5, 5.41) is 0.151. The van der Waals surface area contributed by atoms with Gasteiger partial charge in [-0.25, -0.2) is 4.39 Å². The topological polar surface area (TPSA) is 35.2 Å². The van der Waals surface area contributed by atoms with Gasteiger partial charge in [0.05, 0.1) is 6.04 Å². The molecule has 0 aliphatic rings. The molecule has 2 rings (SSSR count). The number of hydrogen-bond acceptors (Lipinski definition) is 2. The van der Waals surface area contributed by atoms with E-state index in [1.54, 1.807) is 0 Å². The maximum absolute atomic E-state index is 13.8. The van der Waals surface area contributed by atoms with Crippen LogP contribution in [-0.2, 0) is 0 Å². The third-order valence-corrected chi connectivity index (χ3v) is 3.11. The van der Waals surface area contributed by atoms with Crippen molar-refractivity contribution in [2.45, 2.75) is 12.4 Å². The third-order valence-electron chi connectivity index (χ3n) is 2.78. The summed E-state index contributed by atoms with van der Waals surface area (Å²) < 4.78 is 53.7. The number of nitrogens with two attached hydrogens (primary N) is 1. The van der Waals surface area contributed by atoms with Crippen LogP contribution in [0, 0.1) is 5.82 Å². The number of benzene rings is 2. The van der Waals surface area contributed by atoms with E-state index >= 15 is 0 Å². The summed E-state index contributed by atoms with van der Waals surface area (Å²) in [4.78, 5) is 0. The van der Waals surface area contributed by atoms with E-state index in [2.05, 4.69) is 4.74 Å². The van der Waals surface area contributed by atoms with Crippen molar-refractivity contribution in [3.05, 3.63) is 64.4 Å². The van der Waals surface area contributed by atoms with Crippen molar-refractivity contribution in [2.75, 3.05) is 0 Å². The zero-order valence-corrected chi connectivity index (χ0v) is 11.3. The quantitative estimate of drug-likeness (QED) is 0.850. The van der Waals surface area contributed by atoms with E-state index in [1.165, 1.54) is 30.3 Å². The van der Waals surface area contributed by atoms with E-state index < -0.39 is 18.2 Å². The summed E-state index contributed by atoms with van der Waals surface area (Å²) in [7, 11) is 0. The fourth-order valence-corrected chi connectivity index (χ4v) is 2.13. The van der Waals surface area contributed by atoms with Crippen LogP contribution in [0.25, 0.3) is 0 Å². The molecule has 112 valence electrons. The Morgan fingerprint density at radius 3 is 2.19 bits per heavy atom. The van der Waals surface area contributed by atoms with Crippen LogP contribution in [0.15, 0.2) is 42.5 Å². The van der Waals surface area contributed by atoms with E-state index in [-0.39, 0.29) is 16.3 Å². The standard InChI is InChI=1S/C14H10ClF4NO/c15-10-2-1-3-11(16)12(10)13(20)8-4-6-9(7-5-8)21-14(17,18)19/h1-7,13H,20H2/t13-/m1/s1. The fourth-order valence-electron chi connectivity index (χ4n) is 1.85. The molecule has 2 N–H and O–H groups in total. The Labute approximate surface area is 123 Å². The normalized spacial score (nSPS) is 13.0. The van der Waals surface area contributed by atoms with Crippen LogP contribution in [0.5, 0.6) is 5.75 Å². The van der Waals surface area contributed by atoms with Gasteiger partial charge in [-0.3, -0.25) is 0 Å². The van der Waals surface area contributed by atoms with Crippen LogP contribution >= 0.6 is 11.6 Å². The van der Waals surface area contributed by atoms with E-state index in [0.29, 0.717) is 5.56 Å². The van der Waals surface area contributed by atoms with Crippen molar-refractivity contribution in [3.8, 4) is 5.75 Å². The smallest absolute Gasteiger partial charge is 0.406 e. The molecule has 0 unspecified atom stereocenters. The molecule has 0 saturated heterocycles. The first-order valence-corrected chi connectivity index (χ1v) is 6.21. The van der Waals surface area contributed by atoms with E-state index in [9.17, 15) is 17.6 Å². The average molecular weight is 320 g/mol. The van der Waals surface area contributed by atoms with Gasteiger partial charge in [0.2, 0.25) is 0 Å². The van der Waals surface area contributed by atoms with Crippen molar-refractivity contribution < 1.29 is 22.3 Å². The van der Waals surface area contributed by atoms with Gasteiger partial charge >= 0.3 is 6.36 Å². The molecule has 0 amide bonds. The zero-order valence-electron chi connectivity index (χ0n) is 10.5. The van der Waals surface area contributed by atoms with Gasteiger partial charge in [-0.1, -0.05) is 29.8 Å². The predicted octanol–water partition coefficient (Wildman–Crippen LogP) is 4.43.